The molecular weight excluding hydrogens is 561 g/mol. The molecule has 0 aliphatic heterocycles. The largest absolute Gasteiger partial charge is 0.416 e. The number of nitro groups is 1. The van der Waals surface area contributed by atoms with Gasteiger partial charge in [-0.05, 0) is 37.3 Å². The number of rotatable bonds is 9. The second-order valence-electron chi connectivity index (χ2n) is 7.73. The van der Waals surface area contributed by atoms with Crippen LogP contribution in [-0.2, 0) is 17.5 Å². The van der Waals surface area contributed by atoms with E-state index in [0.29, 0.717) is 10.1 Å². The van der Waals surface area contributed by atoms with Gasteiger partial charge in [0, 0.05) is 17.7 Å². The third-order valence-electron chi connectivity index (χ3n) is 4.98. The molecule has 202 valence electrons. The Morgan fingerprint density at radius 3 is 2.49 bits per heavy atom. The summed E-state index contributed by atoms with van der Waals surface area (Å²) in [6, 6.07) is 9.32. The molecule has 0 bridgehead atoms. The fourth-order valence-corrected chi connectivity index (χ4v) is 4.60. The molecular formula is C22H17F3N8O4S2. The van der Waals surface area contributed by atoms with Crippen LogP contribution in [-0.4, -0.2) is 47.5 Å². The zero-order valence-corrected chi connectivity index (χ0v) is 21.4. The molecule has 0 saturated heterocycles. The second kappa shape index (κ2) is 11.6. The topological polar surface area (TPSA) is 158 Å². The average molecular weight is 579 g/mol. The van der Waals surface area contributed by atoms with Crippen molar-refractivity contribution in [1.29, 1.82) is 0 Å². The maximum absolute atomic E-state index is 13.4. The van der Waals surface area contributed by atoms with Crippen LogP contribution in [0.5, 0.6) is 0 Å². The predicted octanol–water partition coefficient (Wildman–Crippen LogP) is 4.02. The molecule has 0 fully saturated rings. The van der Waals surface area contributed by atoms with E-state index in [-0.39, 0.29) is 40.2 Å². The maximum atomic E-state index is 13.4. The van der Waals surface area contributed by atoms with E-state index >= 15 is 0 Å². The number of hydrogen-bond donors (Lipinski definition) is 2. The number of aromatic nitrogens is 5. The zero-order valence-electron chi connectivity index (χ0n) is 19.8. The summed E-state index contributed by atoms with van der Waals surface area (Å²) in [6.45, 7) is 1.48. The first-order valence-electron chi connectivity index (χ1n) is 10.9. The average Bonchev–Trinajstić information content (AvgIpc) is 3.50. The Bertz CT molecular complexity index is 1520. The van der Waals surface area contributed by atoms with Crippen molar-refractivity contribution in [3.8, 4) is 5.69 Å². The standard InChI is InChI=1S/C22H17F3N8O4S2/c1-12-28-30-20(39-12)27-18(34)11-38-21-31-29-17(32(21)16-4-2-3-14(9-16)22(23,24)25)10-26-19(35)13-5-7-15(8-6-13)33(36)37/h2-9H,10-11H2,1H3,(H,26,35)(H,27,30,34). The number of benzene rings is 2. The third kappa shape index (κ3) is 6.94. The van der Waals surface area contributed by atoms with Crippen LogP contribution >= 0.6 is 23.1 Å². The first-order valence-corrected chi connectivity index (χ1v) is 12.7. The van der Waals surface area contributed by atoms with Crippen molar-refractivity contribution in [3.63, 3.8) is 0 Å². The monoisotopic (exact) mass is 578 g/mol. The fraction of sp³-hybridized carbons (Fsp3) is 0.182. The quantitative estimate of drug-likeness (QED) is 0.170. The van der Waals surface area contributed by atoms with E-state index in [1.54, 1.807) is 6.92 Å². The van der Waals surface area contributed by atoms with Crippen LogP contribution in [0, 0.1) is 17.0 Å². The molecule has 0 radical (unpaired) electrons. The molecule has 0 atom stereocenters. The molecule has 0 unspecified atom stereocenters. The number of nitro benzene ring substituents is 1. The summed E-state index contributed by atoms with van der Waals surface area (Å²) in [6.07, 6.45) is -4.61. The van der Waals surface area contributed by atoms with Crippen molar-refractivity contribution < 1.29 is 27.7 Å². The van der Waals surface area contributed by atoms with Gasteiger partial charge in [0.1, 0.15) is 5.01 Å². The van der Waals surface area contributed by atoms with E-state index in [2.05, 4.69) is 31.0 Å². The number of anilines is 1. The highest BCUT2D eigenvalue weighted by Crippen LogP contribution is 2.32. The highest BCUT2D eigenvalue weighted by atomic mass is 32.2. The number of nitrogens with one attached hydrogen (secondary N) is 2. The molecule has 2 aromatic carbocycles. The minimum atomic E-state index is -4.61. The fourth-order valence-electron chi connectivity index (χ4n) is 3.22. The normalized spacial score (nSPS) is 11.3. The number of nitrogens with zero attached hydrogens (tertiary/aromatic N) is 6. The lowest BCUT2D eigenvalue weighted by molar-refractivity contribution is -0.384. The Morgan fingerprint density at radius 1 is 1.10 bits per heavy atom. The third-order valence-corrected chi connectivity index (χ3v) is 6.67. The smallest absolute Gasteiger partial charge is 0.345 e. The molecule has 2 aromatic heterocycles. The second-order valence-corrected chi connectivity index (χ2v) is 9.86. The van der Waals surface area contributed by atoms with Crippen molar-refractivity contribution in [2.75, 3.05) is 11.1 Å². The number of hydrogen-bond acceptors (Lipinski definition) is 10. The number of halogens is 3. The van der Waals surface area contributed by atoms with E-state index in [1.165, 1.54) is 52.3 Å². The van der Waals surface area contributed by atoms with Crippen molar-refractivity contribution in [3.05, 3.63) is 80.6 Å². The van der Waals surface area contributed by atoms with Crippen molar-refractivity contribution in [1.82, 2.24) is 30.3 Å². The van der Waals surface area contributed by atoms with Crippen molar-refractivity contribution >= 4 is 45.7 Å². The van der Waals surface area contributed by atoms with Gasteiger partial charge < -0.3 is 5.32 Å². The van der Waals surface area contributed by atoms with Gasteiger partial charge in [0.05, 0.1) is 28.5 Å². The number of amides is 2. The van der Waals surface area contributed by atoms with E-state index in [4.69, 9.17) is 0 Å². The van der Waals surface area contributed by atoms with Gasteiger partial charge in [0.15, 0.2) is 11.0 Å². The number of aryl methyl sites for hydroxylation is 1. The van der Waals surface area contributed by atoms with Gasteiger partial charge in [-0.1, -0.05) is 29.2 Å². The number of carbonyl (C=O) groups is 2. The summed E-state index contributed by atoms with van der Waals surface area (Å²) in [4.78, 5) is 35.2. The molecule has 4 rings (SSSR count). The summed E-state index contributed by atoms with van der Waals surface area (Å²) >= 11 is 2.10. The summed E-state index contributed by atoms with van der Waals surface area (Å²) in [5, 5.41) is 32.7. The van der Waals surface area contributed by atoms with Gasteiger partial charge in [-0.25, -0.2) is 0 Å². The highest BCUT2D eigenvalue weighted by Gasteiger charge is 2.31. The number of thioether (sulfide) groups is 1. The van der Waals surface area contributed by atoms with E-state index in [1.807, 2.05) is 0 Å². The van der Waals surface area contributed by atoms with Gasteiger partial charge in [0.25, 0.3) is 11.6 Å². The first-order chi connectivity index (χ1) is 18.5. The van der Waals surface area contributed by atoms with Crippen LogP contribution in [0.1, 0.15) is 26.8 Å². The lowest BCUT2D eigenvalue weighted by Gasteiger charge is -2.13. The van der Waals surface area contributed by atoms with Gasteiger partial charge in [0.2, 0.25) is 11.0 Å². The van der Waals surface area contributed by atoms with Crippen LogP contribution in [0.15, 0.2) is 53.7 Å². The Labute approximate surface area is 225 Å². The molecule has 2 amide bonds. The summed E-state index contributed by atoms with van der Waals surface area (Å²) in [5.74, 6) is -1.11. The lowest BCUT2D eigenvalue weighted by atomic mass is 10.2. The molecule has 2 N–H and O–H groups in total. The predicted molar refractivity (Wildman–Crippen MR) is 135 cm³/mol. The lowest BCUT2D eigenvalue weighted by Crippen LogP contribution is -2.24. The van der Waals surface area contributed by atoms with Crippen LogP contribution in [0.2, 0.25) is 0 Å². The number of alkyl halides is 3. The van der Waals surface area contributed by atoms with Crippen LogP contribution in [0.25, 0.3) is 5.69 Å². The van der Waals surface area contributed by atoms with Gasteiger partial charge in [-0.2, -0.15) is 13.2 Å². The minimum Gasteiger partial charge on any atom is -0.345 e. The number of carbonyl (C=O) groups excluding carboxylic acids is 2. The van der Waals surface area contributed by atoms with Crippen LogP contribution in [0.3, 0.4) is 0 Å². The Morgan fingerprint density at radius 2 is 1.85 bits per heavy atom. The molecule has 4 aromatic rings. The van der Waals surface area contributed by atoms with Crippen molar-refractivity contribution in [2.24, 2.45) is 0 Å². The van der Waals surface area contributed by atoms with E-state index < -0.39 is 28.5 Å². The molecule has 0 aliphatic carbocycles. The van der Waals surface area contributed by atoms with Gasteiger partial charge in [-0.15, -0.1) is 20.4 Å². The van der Waals surface area contributed by atoms with Crippen LogP contribution < -0.4 is 10.6 Å². The minimum absolute atomic E-state index is 0.0667. The van der Waals surface area contributed by atoms with E-state index in [9.17, 15) is 32.9 Å². The molecule has 0 aliphatic rings. The Hall–Kier alpha value is -4.38. The molecule has 0 saturated carbocycles. The van der Waals surface area contributed by atoms with E-state index in [0.717, 1.165) is 23.9 Å². The SMILES string of the molecule is Cc1nnc(NC(=O)CSc2nnc(CNC(=O)c3ccc([N+](=O)[O-])cc3)n2-c2cccc(C(F)(F)F)c2)s1. The highest BCUT2D eigenvalue weighted by molar-refractivity contribution is 7.99. The molecule has 0 spiro atoms. The summed E-state index contributed by atoms with van der Waals surface area (Å²) in [7, 11) is 0. The first kappa shape index (κ1) is 27.6. The summed E-state index contributed by atoms with van der Waals surface area (Å²) in [5.41, 5.74) is -0.904. The zero-order chi connectivity index (χ0) is 28.2. The van der Waals surface area contributed by atoms with Crippen molar-refractivity contribution in [2.45, 2.75) is 24.8 Å². The summed E-state index contributed by atoms with van der Waals surface area (Å²) < 4.78 is 41.5. The molecule has 17 heteroatoms. The molecule has 39 heavy (non-hydrogen) atoms. The molecule has 12 nitrogen and oxygen atoms in total. The Kier molecular flexibility index (Phi) is 8.20. The molecule has 2 heterocycles. The van der Waals surface area contributed by atoms with Crippen LogP contribution in [0.4, 0.5) is 24.0 Å². The number of non-ortho nitro benzene ring substituents is 1. The van der Waals surface area contributed by atoms with Gasteiger partial charge >= 0.3 is 6.18 Å². The maximum Gasteiger partial charge on any atom is 0.416 e. The Balaban J connectivity index is 1.56. The van der Waals surface area contributed by atoms with Gasteiger partial charge in [-0.3, -0.25) is 29.6 Å².